The molecule has 0 bridgehead atoms. The lowest BCUT2D eigenvalue weighted by Gasteiger charge is -2.09. The summed E-state index contributed by atoms with van der Waals surface area (Å²) < 4.78 is 4.63. The van der Waals surface area contributed by atoms with E-state index in [1.54, 1.807) is 6.07 Å². The van der Waals surface area contributed by atoms with Gasteiger partial charge in [0, 0.05) is 0 Å². The number of methoxy groups -OCH3 is 1. The van der Waals surface area contributed by atoms with Gasteiger partial charge in [-0.25, -0.2) is 4.79 Å². The van der Waals surface area contributed by atoms with Crippen molar-refractivity contribution in [2.24, 2.45) is 0 Å². The van der Waals surface area contributed by atoms with E-state index in [9.17, 15) is 4.79 Å². The third-order valence-corrected chi connectivity index (χ3v) is 2.44. The number of benzene rings is 1. The molecule has 0 N–H and O–H groups in total. The van der Waals surface area contributed by atoms with Crippen molar-refractivity contribution in [2.75, 3.05) is 7.11 Å². The molecular weight excluding hydrogens is 214 g/mol. The zero-order valence-corrected chi connectivity index (χ0v) is 9.26. The molecule has 0 aliphatic heterocycles. The standard InChI is InChI=1S/C11H10ClNO2/c1-3-8-7(6-13)4-5-9(12)10(8)11(14)15-2/h4-5H,3H2,1-2H3. The van der Waals surface area contributed by atoms with Gasteiger partial charge >= 0.3 is 5.97 Å². The molecule has 0 unspecified atom stereocenters. The molecule has 0 aliphatic rings. The summed E-state index contributed by atoms with van der Waals surface area (Å²) in [6.07, 6.45) is 0.563. The van der Waals surface area contributed by atoms with Crippen molar-refractivity contribution in [1.29, 1.82) is 5.26 Å². The summed E-state index contributed by atoms with van der Waals surface area (Å²) in [6, 6.07) is 5.16. The van der Waals surface area contributed by atoms with Crippen LogP contribution in [0, 0.1) is 11.3 Å². The summed E-state index contributed by atoms with van der Waals surface area (Å²) in [5.41, 5.74) is 1.39. The molecule has 0 aromatic heterocycles. The number of halogens is 1. The molecule has 1 aromatic rings. The molecule has 1 rings (SSSR count). The van der Waals surface area contributed by atoms with Crippen LogP contribution < -0.4 is 0 Å². The molecule has 0 saturated heterocycles. The normalized spacial score (nSPS) is 9.47. The van der Waals surface area contributed by atoms with Crippen molar-refractivity contribution in [1.82, 2.24) is 0 Å². The third-order valence-electron chi connectivity index (χ3n) is 2.13. The number of rotatable bonds is 2. The monoisotopic (exact) mass is 223 g/mol. The maximum atomic E-state index is 11.5. The highest BCUT2D eigenvalue weighted by Crippen LogP contribution is 2.24. The van der Waals surface area contributed by atoms with Gasteiger partial charge in [0.05, 0.1) is 29.3 Å². The van der Waals surface area contributed by atoms with Crippen LogP contribution in [-0.2, 0) is 11.2 Å². The van der Waals surface area contributed by atoms with Crippen molar-refractivity contribution in [3.63, 3.8) is 0 Å². The predicted molar refractivity (Wildman–Crippen MR) is 56.9 cm³/mol. The van der Waals surface area contributed by atoms with Crippen LogP contribution in [0.25, 0.3) is 0 Å². The smallest absolute Gasteiger partial charge is 0.339 e. The molecule has 0 amide bonds. The minimum Gasteiger partial charge on any atom is -0.465 e. The zero-order valence-electron chi connectivity index (χ0n) is 8.50. The van der Waals surface area contributed by atoms with Gasteiger partial charge in [-0.1, -0.05) is 18.5 Å². The van der Waals surface area contributed by atoms with Crippen LogP contribution in [0.1, 0.15) is 28.4 Å². The van der Waals surface area contributed by atoms with Crippen LogP contribution >= 0.6 is 11.6 Å². The number of ether oxygens (including phenoxy) is 1. The van der Waals surface area contributed by atoms with Crippen LogP contribution in [0.4, 0.5) is 0 Å². The fourth-order valence-electron chi connectivity index (χ4n) is 1.41. The van der Waals surface area contributed by atoms with Gasteiger partial charge in [0.2, 0.25) is 0 Å². The van der Waals surface area contributed by atoms with Gasteiger partial charge in [-0.2, -0.15) is 5.26 Å². The predicted octanol–water partition coefficient (Wildman–Crippen LogP) is 2.56. The van der Waals surface area contributed by atoms with E-state index >= 15 is 0 Å². The van der Waals surface area contributed by atoms with Crippen LogP contribution in [0.2, 0.25) is 5.02 Å². The Balaban J connectivity index is 3.47. The van der Waals surface area contributed by atoms with E-state index in [-0.39, 0.29) is 0 Å². The van der Waals surface area contributed by atoms with Gasteiger partial charge in [-0.3, -0.25) is 0 Å². The van der Waals surface area contributed by atoms with E-state index in [0.29, 0.717) is 28.1 Å². The van der Waals surface area contributed by atoms with Gasteiger partial charge in [0.25, 0.3) is 0 Å². The summed E-state index contributed by atoms with van der Waals surface area (Å²) in [5, 5.41) is 9.19. The fraction of sp³-hybridized carbons (Fsp3) is 0.273. The van der Waals surface area contributed by atoms with Crippen molar-refractivity contribution in [3.05, 3.63) is 33.8 Å². The second-order valence-corrected chi connectivity index (χ2v) is 3.31. The van der Waals surface area contributed by atoms with E-state index < -0.39 is 5.97 Å². The molecule has 4 heteroatoms. The average Bonchev–Trinajstić information content (AvgIpc) is 2.27. The molecule has 0 radical (unpaired) electrons. The van der Waals surface area contributed by atoms with E-state index in [4.69, 9.17) is 16.9 Å². The Morgan fingerprint density at radius 3 is 2.73 bits per heavy atom. The molecule has 0 fully saturated rings. The number of nitriles is 1. The molecule has 78 valence electrons. The number of hydrogen-bond donors (Lipinski definition) is 0. The number of esters is 1. The minimum atomic E-state index is -0.506. The molecule has 3 nitrogen and oxygen atoms in total. The first-order chi connectivity index (χ1) is 7.15. The maximum absolute atomic E-state index is 11.5. The highest BCUT2D eigenvalue weighted by atomic mass is 35.5. The summed E-state index contributed by atoms with van der Waals surface area (Å²) in [5.74, 6) is -0.506. The van der Waals surface area contributed by atoms with Crippen LogP contribution in [0.15, 0.2) is 12.1 Å². The summed E-state index contributed by atoms with van der Waals surface area (Å²) in [6.45, 7) is 1.86. The van der Waals surface area contributed by atoms with E-state index in [1.807, 2.05) is 13.0 Å². The SMILES string of the molecule is CCc1c(C#N)ccc(Cl)c1C(=O)OC. The fourth-order valence-corrected chi connectivity index (χ4v) is 1.67. The van der Waals surface area contributed by atoms with Gasteiger partial charge in [0.15, 0.2) is 0 Å². The van der Waals surface area contributed by atoms with Gasteiger partial charge in [-0.05, 0) is 24.1 Å². The average molecular weight is 224 g/mol. The number of hydrogen-bond acceptors (Lipinski definition) is 3. The number of nitrogens with zero attached hydrogens (tertiary/aromatic N) is 1. The van der Waals surface area contributed by atoms with Crippen molar-refractivity contribution in [3.8, 4) is 6.07 Å². The Morgan fingerprint density at radius 1 is 1.60 bits per heavy atom. The molecule has 0 spiro atoms. The second-order valence-electron chi connectivity index (χ2n) is 2.91. The second kappa shape index (κ2) is 4.81. The molecule has 1 aromatic carbocycles. The molecule has 15 heavy (non-hydrogen) atoms. The molecule has 0 aliphatic carbocycles. The van der Waals surface area contributed by atoms with Crippen LogP contribution in [0.3, 0.4) is 0 Å². The summed E-state index contributed by atoms with van der Waals surface area (Å²) in [7, 11) is 1.29. The van der Waals surface area contributed by atoms with Crippen molar-refractivity contribution in [2.45, 2.75) is 13.3 Å². The van der Waals surface area contributed by atoms with Gasteiger partial charge in [0.1, 0.15) is 0 Å². The van der Waals surface area contributed by atoms with E-state index in [1.165, 1.54) is 13.2 Å². The van der Waals surface area contributed by atoms with Gasteiger partial charge in [-0.15, -0.1) is 0 Å². The maximum Gasteiger partial charge on any atom is 0.339 e. The molecule has 0 saturated carbocycles. The van der Waals surface area contributed by atoms with Crippen molar-refractivity contribution >= 4 is 17.6 Å². The summed E-state index contributed by atoms with van der Waals surface area (Å²) in [4.78, 5) is 11.5. The lowest BCUT2D eigenvalue weighted by Crippen LogP contribution is -2.08. The Bertz CT molecular complexity index is 435. The lowest BCUT2D eigenvalue weighted by molar-refractivity contribution is 0.0599. The number of carbonyl (C=O) groups is 1. The molecular formula is C11H10ClNO2. The van der Waals surface area contributed by atoms with E-state index in [0.717, 1.165) is 0 Å². The number of carbonyl (C=O) groups excluding carboxylic acids is 1. The van der Waals surface area contributed by atoms with Crippen molar-refractivity contribution < 1.29 is 9.53 Å². The first-order valence-electron chi connectivity index (χ1n) is 4.45. The Hall–Kier alpha value is -1.53. The zero-order chi connectivity index (χ0) is 11.4. The quantitative estimate of drug-likeness (QED) is 0.724. The third kappa shape index (κ3) is 2.11. The van der Waals surface area contributed by atoms with Crippen LogP contribution in [-0.4, -0.2) is 13.1 Å². The largest absolute Gasteiger partial charge is 0.465 e. The van der Waals surface area contributed by atoms with Crippen LogP contribution in [0.5, 0.6) is 0 Å². The van der Waals surface area contributed by atoms with Gasteiger partial charge < -0.3 is 4.74 Å². The molecule has 0 heterocycles. The molecule has 0 atom stereocenters. The Labute approximate surface area is 93.2 Å². The highest BCUT2D eigenvalue weighted by Gasteiger charge is 2.18. The minimum absolute atomic E-state index is 0.292. The topological polar surface area (TPSA) is 50.1 Å². The highest BCUT2D eigenvalue weighted by molar-refractivity contribution is 6.33. The lowest BCUT2D eigenvalue weighted by atomic mass is 9.99. The van der Waals surface area contributed by atoms with E-state index in [2.05, 4.69) is 4.74 Å². The summed E-state index contributed by atoms with van der Waals surface area (Å²) >= 11 is 5.90. The Morgan fingerprint density at radius 2 is 2.27 bits per heavy atom. The first-order valence-corrected chi connectivity index (χ1v) is 4.83. The first kappa shape index (κ1) is 11.5. The Kier molecular flexibility index (Phi) is 3.70.